The lowest BCUT2D eigenvalue weighted by Gasteiger charge is -2.56. The van der Waals surface area contributed by atoms with Gasteiger partial charge in [0.15, 0.2) is 0 Å². The largest absolute Gasteiger partial charge is 0.347 e. The molecule has 0 radical (unpaired) electrons. The molecule has 2 aliphatic heterocycles. The molecule has 0 spiro atoms. The second-order valence-electron chi connectivity index (χ2n) is 10.4. The fourth-order valence-electron chi connectivity index (χ4n) is 7.51. The minimum absolute atomic E-state index is 0. The first kappa shape index (κ1) is 21.4. The molecule has 164 valence electrons. The standard InChI is InChI=1S/C22H36N4O2.ClH/c27-20(13-22-10-16-7-17(11-22)9-18(8-16)12-22)24-14-21(28)26-4-1-19(15-26)25-5-2-23-3-6-25;/h16-19,23H,1-15H2,(H,24,27);1H. The van der Waals surface area contributed by atoms with Gasteiger partial charge in [-0.1, -0.05) is 0 Å². The van der Waals surface area contributed by atoms with Gasteiger partial charge >= 0.3 is 0 Å². The highest BCUT2D eigenvalue weighted by Crippen LogP contribution is 2.61. The van der Waals surface area contributed by atoms with E-state index in [1.165, 1.54) is 38.5 Å². The summed E-state index contributed by atoms with van der Waals surface area (Å²) in [5.41, 5.74) is 0.253. The molecule has 0 aromatic heterocycles. The Kier molecular flexibility index (Phi) is 6.43. The number of carbonyl (C=O) groups is 2. The molecule has 4 saturated carbocycles. The summed E-state index contributed by atoms with van der Waals surface area (Å²) in [4.78, 5) is 29.7. The van der Waals surface area contributed by atoms with Crippen molar-refractivity contribution in [2.75, 3.05) is 45.8 Å². The third kappa shape index (κ3) is 4.59. The Morgan fingerprint density at radius 1 is 0.966 bits per heavy atom. The second kappa shape index (κ2) is 8.72. The predicted molar refractivity (Wildman–Crippen MR) is 115 cm³/mol. The summed E-state index contributed by atoms with van der Waals surface area (Å²) in [6.45, 7) is 6.08. The van der Waals surface area contributed by atoms with Crippen LogP contribution in [0.4, 0.5) is 0 Å². The fourth-order valence-corrected chi connectivity index (χ4v) is 7.51. The lowest BCUT2D eigenvalue weighted by molar-refractivity contribution is -0.135. The molecule has 6 aliphatic rings. The van der Waals surface area contributed by atoms with Gasteiger partial charge in [-0.25, -0.2) is 0 Å². The molecule has 6 rings (SSSR count). The van der Waals surface area contributed by atoms with Gasteiger partial charge in [-0.2, -0.15) is 0 Å². The molecule has 1 unspecified atom stereocenters. The SMILES string of the molecule is Cl.O=C(CC12CC3CC(CC(C3)C1)C2)NCC(=O)N1CCC(N2CCNCC2)C1. The first-order chi connectivity index (χ1) is 13.6. The molecule has 7 heteroatoms. The number of hydrogen-bond donors (Lipinski definition) is 2. The summed E-state index contributed by atoms with van der Waals surface area (Å²) in [5, 5.41) is 6.36. The van der Waals surface area contributed by atoms with Crippen LogP contribution in [-0.4, -0.2) is 73.5 Å². The van der Waals surface area contributed by atoms with Crippen molar-refractivity contribution in [3.8, 4) is 0 Å². The van der Waals surface area contributed by atoms with E-state index >= 15 is 0 Å². The first-order valence-electron chi connectivity index (χ1n) is 11.6. The zero-order valence-corrected chi connectivity index (χ0v) is 18.4. The van der Waals surface area contributed by atoms with Crippen molar-refractivity contribution in [2.24, 2.45) is 23.2 Å². The Morgan fingerprint density at radius 2 is 1.59 bits per heavy atom. The van der Waals surface area contributed by atoms with Gasteiger partial charge in [-0.15, -0.1) is 12.4 Å². The van der Waals surface area contributed by atoms with E-state index in [1.807, 2.05) is 4.90 Å². The molecule has 0 aromatic rings. The topological polar surface area (TPSA) is 64.7 Å². The van der Waals surface area contributed by atoms with Crippen molar-refractivity contribution < 1.29 is 9.59 Å². The van der Waals surface area contributed by atoms with E-state index in [0.717, 1.165) is 63.4 Å². The van der Waals surface area contributed by atoms with Gasteiger partial charge < -0.3 is 15.5 Å². The van der Waals surface area contributed by atoms with Gasteiger partial charge in [0.1, 0.15) is 0 Å². The number of nitrogens with zero attached hydrogens (tertiary/aromatic N) is 2. The van der Waals surface area contributed by atoms with Crippen LogP contribution in [0.1, 0.15) is 51.4 Å². The minimum atomic E-state index is 0. The van der Waals surface area contributed by atoms with E-state index in [9.17, 15) is 9.59 Å². The molecular formula is C22H37ClN4O2. The number of carbonyl (C=O) groups excluding carboxylic acids is 2. The number of piperazine rings is 1. The summed E-state index contributed by atoms with van der Waals surface area (Å²) >= 11 is 0. The molecule has 2 N–H and O–H groups in total. The van der Waals surface area contributed by atoms with Gasteiger partial charge in [0.2, 0.25) is 11.8 Å². The van der Waals surface area contributed by atoms with Gasteiger partial charge in [0.05, 0.1) is 6.54 Å². The van der Waals surface area contributed by atoms with Gasteiger partial charge in [-0.05, 0) is 68.1 Å². The number of likely N-dealkylation sites (tertiary alicyclic amines) is 1. The summed E-state index contributed by atoms with van der Waals surface area (Å²) in [6.07, 6.45) is 9.67. The number of nitrogens with one attached hydrogen (secondary N) is 2. The number of amides is 2. The van der Waals surface area contributed by atoms with Crippen molar-refractivity contribution in [2.45, 2.75) is 57.4 Å². The smallest absolute Gasteiger partial charge is 0.242 e. The van der Waals surface area contributed by atoms with Crippen molar-refractivity contribution >= 4 is 24.2 Å². The molecule has 2 heterocycles. The highest BCUT2D eigenvalue weighted by atomic mass is 35.5. The lowest BCUT2D eigenvalue weighted by Crippen LogP contribution is -2.50. The average molecular weight is 425 g/mol. The molecular weight excluding hydrogens is 388 g/mol. The minimum Gasteiger partial charge on any atom is -0.347 e. The van der Waals surface area contributed by atoms with E-state index in [4.69, 9.17) is 0 Å². The van der Waals surface area contributed by atoms with Crippen LogP contribution in [-0.2, 0) is 9.59 Å². The Labute approximate surface area is 180 Å². The lowest BCUT2D eigenvalue weighted by atomic mass is 9.49. The number of hydrogen-bond acceptors (Lipinski definition) is 4. The maximum absolute atomic E-state index is 12.7. The maximum Gasteiger partial charge on any atom is 0.242 e. The van der Waals surface area contributed by atoms with Crippen LogP contribution >= 0.6 is 12.4 Å². The molecule has 4 bridgehead atoms. The van der Waals surface area contributed by atoms with E-state index in [1.54, 1.807) is 0 Å². The molecule has 4 aliphatic carbocycles. The first-order valence-corrected chi connectivity index (χ1v) is 11.6. The quantitative estimate of drug-likeness (QED) is 0.704. The highest BCUT2D eigenvalue weighted by Gasteiger charge is 2.51. The Balaban J connectivity index is 0.00000205. The zero-order valence-electron chi connectivity index (χ0n) is 17.5. The second-order valence-corrected chi connectivity index (χ2v) is 10.4. The monoisotopic (exact) mass is 424 g/mol. The van der Waals surface area contributed by atoms with Crippen molar-refractivity contribution in [1.82, 2.24) is 20.4 Å². The maximum atomic E-state index is 12.7. The van der Waals surface area contributed by atoms with Gasteiger partial charge in [0, 0.05) is 51.7 Å². The molecule has 6 fully saturated rings. The molecule has 2 saturated heterocycles. The fraction of sp³-hybridized carbons (Fsp3) is 0.909. The summed E-state index contributed by atoms with van der Waals surface area (Å²) in [6, 6.07) is 0.494. The third-order valence-electron chi connectivity index (χ3n) is 8.32. The van der Waals surface area contributed by atoms with E-state index < -0.39 is 0 Å². The van der Waals surface area contributed by atoms with E-state index in [-0.39, 0.29) is 36.2 Å². The van der Waals surface area contributed by atoms with Crippen LogP contribution < -0.4 is 10.6 Å². The summed E-state index contributed by atoms with van der Waals surface area (Å²) in [5.74, 6) is 2.80. The predicted octanol–water partition coefficient (Wildman–Crippen LogP) is 1.64. The van der Waals surface area contributed by atoms with Crippen molar-refractivity contribution in [3.05, 3.63) is 0 Å². The van der Waals surface area contributed by atoms with Crippen LogP contribution in [0.25, 0.3) is 0 Å². The molecule has 0 aromatic carbocycles. The van der Waals surface area contributed by atoms with Crippen LogP contribution in [0, 0.1) is 23.2 Å². The normalized spacial score (nSPS) is 38.7. The van der Waals surface area contributed by atoms with Crippen molar-refractivity contribution in [1.29, 1.82) is 0 Å². The van der Waals surface area contributed by atoms with E-state index in [0.29, 0.717) is 12.5 Å². The summed E-state index contributed by atoms with van der Waals surface area (Å²) in [7, 11) is 0. The van der Waals surface area contributed by atoms with Crippen molar-refractivity contribution in [3.63, 3.8) is 0 Å². The molecule has 1 atom stereocenters. The van der Waals surface area contributed by atoms with Crippen LogP contribution in [0.5, 0.6) is 0 Å². The van der Waals surface area contributed by atoms with Crippen LogP contribution in [0.3, 0.4) is 0 Å². The molecule has 6 nitrogen and oxygen atoms in total. The Hall–Kier alpha value is -0.850. The number of rotatable bonds is 5. The molecule has 2 amide bonds. The molecule has 29 heavy (non-hydrogen) atoms. The number of halogens is 1. The van der Waals surface area contributed by atoms with E-state index in [2.05, 4.69) is 15.5 Å². The van der Waals surface area contributed by atoms with Gasteiger partial charge in [0.25, 0.3) is 0 Å². The average Bonchev–Trinajstić information content (AvgIpc) is 3.16. The Bertz CT molecular complexity index is 587. The van der Waals surface area contributed by atoms with Crippen LogP contribution in [0.2, 0.25) is 0 Å². The Morgan fingerprint density at radius 3 is 2.21 bits per heavy atom. The van der Waals surface area contributed by atoms with Gasteiger partial charge in [-0.3, -0.25) is 14.5 Å². The summed E-state index contributed by atoms with van der Waals surface area (Å²) < 4.78 is 0. The zero-order chi connectivity index (χ0) is 19.1. The van der Waals surface area contributed by atoms with Crippen LogP contribution in [0.15, 0.2) is 0 Å². The highest BCUT2D eigenvalue weighted by molar-refractivity contribution is 5.85. The third-order valence-corrected chi connectivity index (χ3v) is 8.32.